The van der Waals surface area contributed by atoms with Crippen LogP contribution in [-0.4, -0.2) is 80.0 Å². The average molecular weight is 1590 g/mol. The molecule has 0 aromatic heterocycles. The Morgan fingerprint density at radius 2 is 0.719 bits per heavy atom. The molecule has 0 radical (unpaired) electrons. The second-order valence-electron chi connectivity index (χ2n) is 30.2. The number of ether oxygens (including phenoxy) is 3. The molecule has 7 rings (SSSR count). The summed E-state index contributed by atoms with van der Waals surface area (Å²) in [5, 5.41) is 13.0. The molecule has 0 bridgehead atoms. The fourth-order valence-corrected chi connectivity index (χ4v) is 19.7. The quantitative estimate of drug-likeness (QED) is 0.0183. The fourth-order valence-electron chi connectivity index (χ4n) is 12.0. The van der Waals surface area contributed by atoms with E-state index in [1.54, 1.807) is 0 Å². The van der Waals surface area contributed by atoms with E-state index in [1.807, 2.05) is 6.08 Å². The van der Waals surface area contributed by atoms with Gasteiger partial charge in [0.05, 0.1) is 16.8 Å². The molecule has 0 atom stereocenters. The number of hydrogen-bond donors (Lipinski definition) is 0. The minimum atomic E-state index is -1.84. The van der Waals surface area contributed by atoms with Gasteiger partial charge in [-0.3, -0.25) is 0 Å². The van der Waals surface area contributed by atoms with E-state index in [-0.39, 0.29) is 22.3 Å². The molecule has 18 heteroatoms. The van der Waals surface area contributed by atoms with Crippen LogP contribution in [-0.2, 0) is 84.6 Å². The normalized spacial score (nSPS) is 12.1. The van der Waals surface area contributed by atoms with Gasteiger partial charge in [-0.25, -0.2) is 0 Å². The number of hydrogen-bond acceptors (Lipinski definition) is 3. The Kier molecular flexibility index (Phi) is 45.9. The summed E-state index contributed by atoms with van der Waals surface area (Å²) in [6.07, 6.45) is 20.9. The van der Waals surface area contributed by atoms with Crippen molar-refractivity contribution < 1.29 is 65.3 Å². The van der Waals surface area contributed by atoms with Gasteiger partial charge in [-0.1, -0.05) is 222 Å². The van der Waals surface area contributed by atoms with Crippen molar-refractivity contribution in [2.24, 2.45) is 0 Å². The number of aryl methyl sites for hydroxylation is 2. The van der Waals surface area contributed by atoms with Crippen LogP contribution >= 0.6 is 55.8 Å². The summed E-state index contributed by atoms with van der Waals surface area (Å²) < 4.78 is 17.5. The van der Waals surface area contributed by atoms with Crippen LogP contribution in [0.4, 0.5) is 0 Å². The van der Waals surface area contributed by atoms with E-state index in [4.69, 9.17) is 85.0 Å². The molecular formula is C78H119Cl6N3O3Si3Ti3-6. The van der Waals surface area contributed by atoms with E-state index in [0.717, 1.165) is 71.4 Å². The summed E-state index contributed by atoms with van der Waals surface area (Å²) in [6, 6.07) is 45.0. The van der Waals surface area contributed by atoms with Crippen LogP contribution in [0.2, 0.25) is 39.3 Å². The molecule has 0 saturated heterocycles. The number of benzene rings is 4. The zero-order chi connectivity index (χ0) is 72.1. The van der Waals surface area contributed by atoms with Gasteiger partial charge in [0.15, 0.2) is 0 Å². The summed E-state index contributed by atoms with van der Waals surface area (Å²) in [4.78, 5) is 15.6. The first-order chi connectivity index (χ1) is 45.1. The van der Waals surface area contributed by atoms with E-state index < -0.39 is 75.8 Å². The van der Waals surface area contributed by atoms with Crippen LogP contribution in [0.5, 0.6) is 0 Å². The van der Waals surface area contributed by atoms with Crippen molar-refractivity contribution in [2.75, 3.05) is 32.9 Å². The molecule has 0 heterocycles. The topological polar surface area (TPSA) is 70.0 Å². The first-order valence-electron chi connectivity index (χ1n) is 34.7. The van der Waals surface area contributed by atoms with Crippen molar-refractivity contribution in [3.63, 3.8) is 0 Å². The molecule has 0 aliphatic carbocycles. The van der Waals surface area contributed by atoms with Crippen molar-refractivity contribution in [1.29, 1.82) is 0 Å². The SMILES string of the molecule is C=CCC[N-][Si](C)(C)[c-]1cc(CCCCCCOC(C)(C)C)c2ccccc21.CC(C)(C)OCCCCCC[N-][Si](C)(C)[c-]1cc(Cc2ccccc2)c2ccccc21.CC(C)(C)[N-][Si](C)(C)[c-]1cc(CCCCCCOC(C)(C)C)c2ccccc21.[Cl][Ti][Cl].[Cl][Ti][Cl].[Cl][Ti][Cl]. The van der Waals surface area contributed by atoms with E-state index in [0.29, 0.717) is 0 Å². The van der Waals surface area contributed by atoms with Crippen LogP contribution in [0.15, 0.2) is 134 Å². The van der Waals surface area contributed by atoms with E-state index in [2.05, 4.69) is 250 Å². The molecule has 0 spiro atoms. The number of rotatable bonds is 32. The third-order valence-electron chi connectivity index (χ3n) is 16.2. The van der Waals surface area contributed by atoms with Crippen molar-refractivity contribution in [2.45, 2.75) is 247 Å². The second kappa shape index (κ2) is 48.0. The summed E-state index contributed by atoms with van der Waals surface area (Å²) in [7, 11) is 23.9. The standard InChI is InChI=1S/C28H39NOSi.C25H41NOSi.C25H39NOSi.6ClH.3Ti/c1-28(2,3)30-20-14-7-6-13-19-29-31(4,5)27-22-24(21-23-15-9-8-10-16-23)25-17-11-12-18-26(25)27;1-24(2,3)26-28(7,8)23-19-20(21-16-12-13-17-22(21)23)15-11-9-10-14-18-27-25(4,5)6;1-7-8-18-26-28(5,6)24-20-21(22-16-12-13-17-23(22)24)15-11-9-10-14-19-27-25(2,3)4;;;;;;;;;/h8-12,15-18,22H,6-7,13-14,19-21H2,1-5H3;12-13,16-17,19H,9-11,14-15,18H2,1-8H3;7,12-13,16-17,20H,1,8-11,14-15,18-19H2,2-6H3;6*1H;;;/q3*-2;;;;;;;3*+2/p-6. The molecule has 0 aliphatic rings. The Bertz CT molecular complexity index is 3180. The number of unbranched alkanes of at least 4 members (excludes halogenated alkanes) is 9. The van der Waals surface area contributed by atoms with E-state index in [9.17, 15) is 0 Å². The van der Waals surface area contributed by atoms with Crippen LogP contribution in [0.3, 0.4) is 0 Å². The zero-order valence-corrected chi connectivity index (χ0v) is 74.2. The molecule has 7 aromatic carbocycles. The fraction of sp³-hybridized carbons (Fsp3) is 0.551. The number of halogens is 6. The Hall–Kier alpha value is -0.256. The van der Waals surface area contributed by atoms with Crippen LogP contribution < -0.4 is 15.6 Å². The Labute approximate surface area is 638 Å². The maximum atomic E-state index is 5.83. The van der Waals surface area contributed by atoms with Gasteiger partial charge in [-0.05, 0) is 88.0 Å². The van der Waals surface area contributed by atoms with Crippen molar-refractivity contribution in [1.82, 2.24) is 0 Å². The van der Waals surface area contributed by atoms with Crippen LogP contribution in [0.1, 0.15) is 189 Å². The maximum absolute atomic E-state index is 5.83. The third-order valence-corrected chi connectivity index (χ3v) is 24.6. The average Bonchev–Trinajstić information content (AvgIpc) is 1.64. The molecule has 6 nitrogen and oxygen atoms in total. The summed E-state index contributed by atoms with van der Waals surface area (Å²) in [5.74, 6) is 0. The summed E-state index contributed by atoms with van der Waals surface area (Å²) >= 11 is -1.67. The van der Waals surface area contributed by atoms with E-state index >= 15 is 0 Å². The van der Waals surface area contributed by atoms with Crippen LogP contribution in [0.25, 0.3) is 47.3 Å². The molecular weight excluding hydrogens is 1470 g/mol. The molecule has 0 aliphatic heterocycles. The Balaban J connectivity index is 0.000000461. The molecule has 0 fully saturated rings. The van der Waals surface area contributed by atoms with Gasteiger partial charge in [0.2, 0.25) is 0 Å². The predicted molar refractivity (Wildman–Crippen MR) is 429 cm³/mol. The van der Waals surface area contributed by atoms with Gasteiger partial charge < -0.3 is 29.2 Å². The molecule has 96 heavy (non-hydrogen) atoms. The van der Waals surface area contributed by atoms with Crippen molar-refractivity contribution >= 4 is 128 Å². The Morgan fingerprint density at radius 3 is 1.08 bits per heavy atom. The first kappa shape index (κ1) is 91.8. The van der Waals surface area contributed by atoms with Gasteiger partial charge in [-0.2, -0.15) is 67.6 Å². The predicted octanol–water partition coefficient (Wildman–Crippen LogP) is 25.3. The Morgan fingerprint density at radius 1 is 0.406 bits per heavy atom. The second-order valence-corrected chi connectivity index (χ2v) is 49.8. The molecule has 0 N–H and O–H groups in total. The van der Waals surface area contributed by atoms with Gasteiger partial charge in [0, 0.05) is 19.8 Å². The summed E-state index contributed by atoms with van der Waals surface area (Å²) in [6.45, 7) is 48.4. The zero-order valence-electron chi connectivity index (χ0n) is 62.0. The number of nitrogens with zero attached hydrogens (tertiary/aromatic N) is 3. The van der Waals surface area contributed by atoms with Gasteiger partial charge in [-0.15, -0.1) is 95.0 Å². The molecule has 0 amide bonds. The van der Waals surface area contributed by atoms with Crippen molar-refractivity contribution in [3.8, 4) is 0 Å². The molecule has 0 unspecified atom stereocenters. The summed E-state index contributed by atoms with van der Waals surface area (Å²) in [5.41, 5.74) is 5.80. The monoisotopic (exact) mass is 1580 g/mol. The molecule has 536 valence electrons. The van der Waals surface area contributed by atoms with Crippen molar-refractivity contribution in [3.05, 3.63) is 171 Å². The molecule has 0 saturated carbocycles. The van der Waals surface area contributed by atoms with Gasteiger partial charge in [0.25, 0.3) is 0 Å². The number of fused-ring (bicyclic) bond motifs is 3. The molecule has 7 aromatic rings. The van der Waals surface area contributed by atoms with Gasteiger partial charge >= 0.3 is 107 Å². The minimum absolute atomic E-state index is 0.0145. The first-order valence-corrected chi connectivity index (χ1v) is 56.5. The van der Waals surface area contributed by atoms with Crippen LogP contribution in [0, 0.1) is 0 Å². The van der Waals surface area contributed by atoms with E-state index in [1.165, 1.54) is 134 Å². The third kappa shape index (κ3) is 38.0. The van der Waals surface area contributed by atoms with Gasteiger partial charge in [0.1, 0.15) is 0 Å².